The van der Waals surface area contributed by atoms with Crippen LogP contribution in [-0.2, 0) is 14.9 Å². The smallest absolute Gasteiger partial charge is 0.314 e. The average molecular weight is 289 g/mol. The Morgan fingerprint density at radius 2 is 2.00 bits per heavy atom. The van der Waals surface area contributed by atoms with E-state index < -0.39 is 11.4 Å². The van der Waals surface area contributed by atoms with Gasteiger partial charge in [0.05, 0.1) is 12.0 Å². The molecule has 0 aliphatic carbocycles. The Morgan fingerprint density at radius 1 is 1.29 bits per heavy atom. The van der Waals surface area contributed by atoms with Gasteiger partial charge in [-0.3, -0.25) is 4.79 Å². The Morgan fingerprint density at radius 3 is 2.57 bits per heavy atom. The molecule has 0 radical (unpaired) electrons. The molecule has 21 heavy (non-hydrogen) atoms. The van der Waals surface area contributed by atoms with E-state index in [1.165, 1.54) is 0 Å². The largest absolute Gasteiger partial charge is 0.481 e. The Kier molecular flexibility index (Phi) is 4.27. The van der Waals surface area contributed by atoms with Gasteiger partial charge in [0.2, 0.25) is 0 Å². The minimum absolute atomic E-state index is 0.624. The minimum Gasteiger partial charge on any atom is -0.481 e. The van der Waals surface area contributed by atoms with E-state index in [0.717, 1.165) is 44.8 Å². The Balaban J connectivity index is 1.67. The SMILES string of the molecule is O=C(O)C1(c2ccccc2)CCN(CC2CCOC2)CC1. The van der Waals surface area contributed by atoms with Crippen LogP contribution in [0.5, 0.6) is 0 Å². The Hall–Kier alpha value is -1.39. The molecule has 2 aliphatic heterocycles. The number of likely N-dealkylation sites (tertiary alicyclic amines) is 1. The van der Waals surface area contributed by atoms with Gasteiger partial charge in [-0.2, -0.15) is 0 Å². The van der Waals surface area contributed by atoms with Crippen LogP contribution in [-0.4, -0.2) is 48.8 Å². The van der Waals surface area contributed by atoms with E-state index >= 15 is 0 Å². The third-order valence-corrected chi connectivity index (χ3v) is 4.99. The monoisotopic (exact) mass is 289 g/mol. The third-order valence-electron chi connectivity index (χ3n) is 4.99. The van der Waals surface area contributed by atoms with Crippen LogP contribution in [0.3, 0.4) is 0 Å². The second-order valence-electron chi connectivity index (χ2n) is 6.28. The summed E-state index contributed by atoms with van der Waals surface area (Å²) < 4.78 is 5.43. The normalized spacial score (nSPS) is 25.8. The highest BCUT2D eigenvalue weighted by atomic mass is 16.5. The zero-order valence-electron chi connectivity index (χ0n) is 12.3. The van der Waals surface area contributed by atoms with E-state index in [0.29, 0.717) is 18.8 Å². The van der Waals surface area contributed by atoms with Crippen LogP contribution >= 0.6 is 0 Å². The maximum absolute atomic E-state index is 11.9. The molecule has 0 amide bonds. The van der Waals surface area contributed by atoms with Crippen molar-refractivity contribution in [3.05, 3.63) is 35.9 Å². The molecule has 2 aliphatic rings. The van der Waals surface area contributed by atoms with Gasteiger partial charge in [0.25, 0.3) is 0 Å². The highest BCUT2D eigenvalue weighted by molar-refractivity contribution is 5.81. The molecule has 2 saturated heterocycles. The van der Waals surface area contributed by atoms with Crippen LogP contribution in [0.25, 0.3) is 0 Å². The van der Waals surface area contributed by atoms with Crippen molar-refractivity contribution in [3.8, 4) is 0 Å². The minimum atomic E-state index is -0.704. The van der Waals surface area contributed by atoms with Crippen molar-refractivity contribution in [2.75, 3.05) is 32.8 Å². The maximum Gasteiger partial charge on any atom is 0.314 e. The van der Waals surface area contributed by atoms with E-state index in [2.05, 4.69) is 4.90 Å². The van der Waals surface area contributed by atoms with Gasteiger partial charge in [-0.05, 0) is 43.8 Å². The van der Waals surface area contributed by atoms with Crippen molar-refractivity contribution in [2.45, 2.75) is 24.7 Å². The summed E-state index contributed by atoms with van der Waals surface area (Å²) in [6.45, 7) is 4.50. The molecule has 0 saturated carbocycles. The number of piperidine rings is 1. The molecule has 1 aromatic carbocycles. The van der Waals surface area contributed by atoms with Gasteiger partial charge in [0.1, 0.15) is 0 Å². The molecule has 1 N–H and O–H groups in total. The van der Waals surface area contributed by atoms with Gasteiger partial charge in [-0.1, -0.05) is 30.3 Å². The third kappa shape index (κ3) is 2.97. The molecule has 114 valence electrons. The molecule has 0 bridgehead atoms. The van der Waals surface area contributed by atoms with Crippen LogP contribution in [0.15, 0.2) is 30.3 Å². The van der Waals surface area contributed by atoms with Gasteiger partial charge in [0, 0.05) is 13.2 Å². The van der Waals surface area contributed by atoms with E-state index in [1.807, 2.05) is 30.3 Å². The van der Waals surface area contributed by atoms with Crippen molar-refractivity contribution in [1.82, 2.24) is 4.90 Å². The summed E-state index contributed by atoms with van der Waals surface area (Å²) in [6, 6.07) is 9.71. The summed E-state index contributed by atoms with van der Waals surface area (Å²) in [7, 11) is 0. The summed E-state index contributed by atoms with van der Waals surface area (Å²) in [5.74, 6) is -0.0587. The lowest BCUT2D eigenvalue weighted by molar-refractivity contribution is -0.146. The van der Waals surface area contributed by atoms with Crippen LogP contribution in [0.4, 0.5) is 0 Å². The number of carboxylic acids is 1. The first-order valence-corrected chi connectivity index (χ1v) is 7.80. The summed E-state index contributed by atoms with van der Waals surface area (Å²) >= 11 is 0. The number of nitrogens with zero attached hydrogens (tertiary/aromatic N) is 1. The first kappa shape index (κ1) is 14.5. The fraction of sp³-hybridized carbons (Fsp3) is 0.588. The molecule has 4 heteroatoms. The molecule has 2 fully saturated rings. The number of hydrogen-bond acceptors (Lipinski definition) is 3. The quantitative estimate of drug-likeness (QED) is 0.922. The van der Waals surface area contributed by atoms with E-state index in [4.69, 9.17) is 4.74 Å². The molecule has 0 spiro atoms. The van der Waals surface area contributed by atoms with Crippen molar-refractivity contribution in [2.24, 2.45) is 5.92 Å². The molecular weight excluding hydrogens is 266 g/mol. The standard InChI is InChI=1S/C17H23NO3/c19-16(20)17(15-4-2-1-3-5-15)7-9-18(10-8-17)12-14-6-11-21-13-14/h1-5,14H,6-13H2,(H,19,20). The average Bonchev–Trinajstić information content (AvgIpc) is 3.02. The number of carboxylic acid groups (broad SMARTS) is 1. The number of hydrogen-bond donors (Lipinski definition) is 1. The van der Waals surface area contributed by atoms with Crippen LogP contribution in [0, 0.1) is 5.92 Å². The van der Waals surface area contributed by atoms with Crippen LogP contribution in [0.2, 0.25) is 0 Å². The molecule has 3 rings (SSSR count). The number of carbonyl (C=O) groups is 1. The Labute approximate surface area is 125 Å². The lowest BCUT2D eigenvalue weighted by Gasteiger charge is -2.40. The van der Waals surface area contributed by atoms with E-state index in [-0.39, 0.29) is 0 Å². The fourth-order valence-corrected chi connectivity index (χ4v) is 3.59. The van der Waals surface area contributed by atoms with Crippen LogP contribution in [0.1, 0.15) is 24.8 Å². The molecule has 1 unspecified atom stereocenters. The Bertz CT molecular complexity index is 474. The lowest BCUT2D eigenvalue weighted by Crippen LogP contribution is -2.48. The van der Waals surface area contributed by atoms with Crippen molar-refractivity contribution in [3.63, 3.8) is 0 Å². The van der Waals surface area contributed by atoms with Gasteiger partial charge in [-0.15, -0.1) is 0 Å². The maximum atomic E-state index is 11.9. The number of aliphatic carboxylic acids is 1. The first-order valence-electron chi connectivity index (χ1n) is 7.80. The molecule has 1 aromatic rings. The molecule has 2 heterocycles. The van der Waals surface area contributed by atoms with Crippen LogP contribution < -0.4 is 0 Å². The number of ether oxygens (including phenoxy) is 1. The predicted molar refractivity (Wildman–Crippen MR) is 80.4 cm³/mol. The van der Waals surface area contributed by atoms with Crippen molar-refractivity contribution < 1.29 is 14.6 Å². The van der Waals surface area contributed by atoms with Gasteiger partial charge >= 0.3 is 5.97 Å². The van der Waals surface area contributed by atoms with Gasteiger partial charge in [-0.25, -0.2) is 0 Å². The zero-order chi connectivity index (χ0) is 14.7. The van der Waals surface area contributed by atoms with E-state index in [1.54, 1.807) is 0 Å². The lowest BCUT2D eigenvalue weighted by atomic mass is 9.72. The summed E-state index contributed by atoms with van der Waals surface area (Å²) in [5.41, 5.74) is 0.241. The summed E-state index contributed by atoms with van der Waals surface area (Å²) in [6.07, 6.45) is 2.53. The summed E-state index contributed by atoms with van der Waals surface area (Å²) in [5, 5.41) is 9.77. The molecule has 0 aromatic heterocycles. The molecule has 1 atom stereocenters. The highest BCUT2D eigenvalue weighted by Gasteiger charge is 2.43. The second kappa shape index (κ2) is 6.16. The number of rotatable bonds is 4. The first-order chi connectivity index (χ1) is 10.2. The zero-order valence-corrected chi connectivity index (χ0v) is 12.3. The molecule has 4 nitrogen and oxygen atoms in total. The van der Waals surface area contributed by atoms with Gasteiger partial charge < -0.3 is 14.7 Å². The topological polar surface area (TPSA) is 49.8 Å². The number of benzene rings is 1. The van der Waals surface area contributed by atoms with Crippen molar-refractivity contribution in [1.29, 1.82) is 0 Å². The van der Waals surface area contributed by atoms with Gasteiger partial charge in [0.15, 0.2) is 0 Å². The summed E-state index contributed by atoms with van der Waals surface area (Å²) in [4.78, 5) is 14.3. The van der Waals surface area contributed by atoms with E-state index in [9.17, 15) is 9.90 Å². The predicted octanol–water partition coefficient (Wildman–Crippen LogP) is 2.14. The highest BCUT2D eigenvalue weighted by Crippen LogP contribution is 2.36. The van der Waals surface area contributed by atoms with Crippen molar-refractivity contribution >= 4 is 5.97 Å². The molecular formula is C17H23NO3. The fourth-order valence-electron chi connectivity index (χ4n) is 3.59. The second-order valence-corrected chi connectivity index (χ2v) is 6.28.